The van der Waals surface area contributed by atoms with Crippen LogP contribution in [-0.4, -0.2) is 9.79 Å². The third kappa shape index (κ3) is 3.36. The maximum absolute atomic E-state index is 10.5. The van der Waals surface area contributed by atoms with E-state index in [2.05, 4.69) is 4.52 Å². The van der Waals surface area contributed by atoms with Crippen LogP contribution < -0.4 is 4.52 Å². The van der Waals surface area contributed by atoms with E-state index in [0.29, 0.717) is 0 Å². The minimum Gasteiger partial charge on any atom is -0.403 e. The quantitative estimate of drug-likeness (QED) is 0.752. The van der Waals surface area contributed by atoms with E-state index < -0.39 is 7.82 Å². The average molecular weight is 223 g/mol. The zero-order chi connectivity index (χ0) is 10.1. The van der Waals surface area contributed by atoms with Crippen molar-refractivity contribution in [3.63, 3.8) is 0 Å². The lowest BCUT2D eigenvalue weighted by molar-refractivity contribution is 0.283. The van der Waals surface area contributed by atoms with E-state index in [1.165, 1.54) is 6.07 Å². The van der Waals surface area contributed by atoms with Crippen molar-refractivity contribution in [3.05, 3.63) is 28.8 Å². The predicted octanol–water partition coefficient (Wildman–Crippen LogP) is 2.12. The van der Waals surface area contributed by atoms with Gasteiger partial charge >= 0.3 is 7.82 Å². The molecule has 13 heavy (non-hydrogen) atoms. The molecule has 0 aliphatic heterocycles. The molecule has 1 rings (SSSR count). The van der Waals surface area contributed by atoms with E-state index >= 15 is 0 Å². The van der Waals surface area contributed by atoms with Crippen LogP contribution in [0.3, 0.4) is 0 Å². The van der Waals surface area contributed by atoms with E-state index in [4.69, 9.17) is 21.4 Å². The van der Waals surface area contributed by atoms with Crippen molar-refractivity contribution in [2.24, 2.45) is 0 Å². The van der Waals surface area contributed by atoms with Crippen molar-refractivity contribution in [2.75, 3.05) is 0 Å². The van der Waals surface area contributed by atoms with Gasteiger partial charge in [0, 0.05) is 0 Å². The molecule has 0 saturated carbocycles. The van der Waals surface area contributed by atoms with Crippen LogP contribution in [0.5, 0.6) is 5.75 Å². The molecule has 2 N–H and O–H groups in total. The summed E-state index contributed by atoms with van der Waals surface area (Å²) in [6.07, 6.45) is 0. The van der Waals surface area contributed by atoms with E-state index in [-0.39, 0.29) is 10.8 Å². The molecular formula is C7H8ClO4P. The summed E-state index contributed by atoms with van der Waals surface area (Å²) < 4.78 is 14.8. The first-order chi connectivity index (χ1) is 5.88. The molecule has 0 unspecified atom stereocenters. The Kier molecular flexibility index (Phi) is 2.98. The lowest BCUT2D eigenvalue weighted by Crippen LogP contribution is -1.90. The molecule has 0 bridgehead atoms. The van der Waals surface area contributed by atoms with Crippen LogP contribution >= 0.6 is 19.4 Å². The van der Waals surface area contributed by atoms with Crippen molar-refractivity contribution in [1.82, 2.24) is 0 Å². The normalized spacial score (nSPS) is 11.4. The van der Waals surface area contributed by atoms with Crippen LogP contribution in [0.4, 0.5) is 0 Å². The fraction of sp³-hybridized carbons (Fsp3) is 0.143. The Hall–Kier alpha value is -0.540. The van der Waals surface area contributed by atoms with Crippen molar-refractivity contribution in [1.29, 1.82) is 0 Å². The molecule has 0 aliphatic rings. The molecule has 0 aromatic heterocycles. The van der Waals surface area contributed by atoms with Gasteiger partial charge in [-0.15, -0.1) is 0 Å². The van der Waals surface area contributed by atoms with Gasteiger partial charge in [0.05, 0.1) is 5.02 Å². The first-order valence-electron chi connectivity index (χ1n) is 3.40. The number of rotatable bonds is 2. The summed E-state index contributed by atoms with van der Waals surface area (Å²) in [4.78, 5) is 17.0. The summed E-state index contributed by atoms with van der Waals surface area (Å²) in [6, 6.07) is 4.63. The third-order valence-electron chi connectivity index (χ3n) is 1.30. The predicted molar refractivity (Wildman–Crippen MR) is 48.9 cm³/mol. The first kappa shape index (κ1) is 10.5. The van der Waals surface area contributed by atoms with E-state index in [1.54, 1.807) is 12.1 Å². The topological polar surface area (TPSA) is 66.8 Å². The summed E-state index contributed by atoms with van der Waals surface area (Å²) in [7, 11) is -4.51. The molecule has 0 fully saturated rings. The van der Waals surface area contributed by atoms with Crippen LogP contribution in [0.1, 0.15) is 5.56 Å². The molecule has 1 aromatic carbocycles. The van der Waals surface area contributed by atoms with Gasteiger partial charge < -0.3 is 4.52 Å². The molecule has 1 aromatic rings. The Labute approximate surface area is 80.4 Å². The summed E-state index contributed by atoms with van der Waals surface area (Å²) in [5.74, 6) is -0.0133. The lowest BCUT2D eigenvalue weighted by Gasteiger charge is -2.08. The molecule has 0 amide bonds. The van der Waals surface area contributed by atoms with Crippen LogP contribution in [0.15, 0.2) is 18.2 Å². The van der Waals surface area contributed by atoms with Gasteiger partial charge in [0.1, 0.15) is 5.75 Å². The monoisotopic (exact) mass is 222 g/mol. The maximum Gasteiger partial charge on any atom is 0.524 e. The fourth-order valence-corrected chi connectivity index (χ4v) is 1.55. The molecule has 0 saturated heterocycles. The van der Waals surface area contributed by atoms with Gasteiger partial charge in [-0.1, -0.05) is 17.7 Å². The summed E-state index contributed by atoms with van der Waals surface area (Å²) in [6.45, 7) is 1.81. The zero-order valence-electron chi connectivity index (χ0n) is 6.77. The highest BCUT2D eigenvalue weighted by Gasteiger charge is 2.17. The Morgan fingerprint density at radius 2 is 2.08 bits per heavy atom. The Morgan fingerprint density at radius 1 is 1.46 bits per heavy atom. The number of hydrogen-bond acceptors (Lipinski definition) is 2. The van der Waals surface area contributed by atoms with Crippen molar-refractivity contribution < 1.29 is 18.9 Å². The molecule has 72 valence electrons. The van der Waals surface area contributed by atoms with E-state index in [1.807, 2.05) is 6.92 Å². The molecule has 0 atom stereocenters. The molecular weight excluding hydrogens is 214 g/mol. The second-order valence-electron chi connectivity index (χ2n) is 2.52. The average Bonchev–Trinajstić information content (AvgIpc) is 1.93. The smallest absolute Gasteiger partial charge is 0.403 e. The van der Waals surface area contributed by atoms with Gasteiger partial charge in [0.2, 0.25) is 0 Å². The molecule has 0 spiro atoms. The highest BCUT2D eigenvalue weighted by Crippen LogP contribution is 2.40. The van der Waals surface area contributed by atoms with E-state index in [9.17, 15) is 4.57 Å². The van der Waals surface area contributed by atoms with Gasteiger partial charge in [-0.05, 0) is 24.6 Å². The second-order valence-corrected chi connectivity index (χ2v) is 4.09. The van der Waals surface area contributed by atoms with Gasteiger partial charge in [-0.25, -0.2) is 4.57 Å². The van der Waals surface area contributed by atoms with Crippen molar-refractivity contribution >= 4 is 19.4 Å². The van der Waals surface area contributed by atoms with E-state index in [0.717, 1.165) is 5.56 Å². The van der Waals surface area contributed by atoms with Crippen LogP contribution in [0.2, 0.25) is 5.02 Å². The summed E-state index contributed by atoms with van der Waals surface area (Å²) in [5.41, 5.74) is 0.892. The number of hydrogen-bond donors (Lipinski definition) is 2. The number of benzene rings is 1. The highest BCUT2D eigenvalue weighted by molar-refractivity contribution is 7.46. The zero-order valence-corrected chi connectivity index (χ0v) is 8.42. The van der Waals surface area contributed by atoms with Gasteiger partial charge in [0.15, 0.2) is 0 Å². The van der Waals surface area contributed by atoms with Gasteiger partial charge in [-0.2, -0.15) is 0 Å². The molecule has 4 nitrogen and oxygen atoms in total. The number of phosphoric acid groups is 1. The SMILES string of the molecule is Cc1ccc(OP(=O)(O)O)c(Cl)c1. The van der Waals surface area contributed by atoms with Gasteiger partial charge in [0.25, 0.3) is 0 Å². The largest absolute Gasteiger partial charge is 0.524 e. The number of phosphoric ester groups is 1. The maximum atomic E-state index is 10.5. The summed E-state index contributed by atoms with van der Waals surface area (Å²) in [5, 5.41) is 0.184. The third-order valence-corrected chi connectivity index (χ3v) is 2.03. The Morgan fingerprint density at radius 3 is 2.54 bits per heavy atom. The number of aryl methyl sites for hydroxylation is 1. The molecule has 0 aliphatic carbocycles. The first-order valence-corrected chi connectivity index (χ1v) is 5.30. The molecule has 0 heterocycles. The molecule has 0 radical (unpaired) electrons. The number of halogens is 1. The lowest BCUT2D eigenvalue weighted by atomic mass is 10.2. The fourth-order valence-electron chi connectivity index (χ4n) is 0.808. The Balaban J connectivity index is 2.97. The second kappa shape index (κ2) is 3.68. The standard InChI is InChI=1S/C7H8ClO4P/c1-5-2-3-7(6(8)4-5)12-13(9,10)11/h2-4H,1H3,(H2,9,10,11). The van der Waals surface area contributed by atoms with Gasteiger partial charge in [-0.3, -0.25) is 9.79 Å². The Bertz CT molecular complexity index is 360. The molecule has 6 heteroatoms. The minimum absolute atomic E-state index is 0.0133. The van der Waals surface area contributed by atoms with Crippen molar-refractivity contribution in [2.45, 2.75) is 6.92 Å². The summed E-state index contributed by atoms with van der Waals surface area (Å²) >= 11 is 5.67. The van der Waals surface area contributed by atoms with Crippen molar-refractivity contribution in [3.8, 4) is 5.75 Å². The highest BCUT2D eigenvalue weighted by atomic mass is 35.5. The van der Waals surface area contributed by atoms with Crippen LogP contribution in [0, 0.1) is 6.92 Å². The van der Waals surface area contributed by atoms with Crippen LogP contribution in [0.25, 0.3) is 0 Å². The van der Waals surface area contributed by atoms with Crippen LogP contribution in [-0.2, 0) is 4.57 Å². The minimum atomic E-state index is -4.51.